The monoisotopic (exact) mass is 217 g/mol. The van der Waals surface area contributed by atoms with Gasteiger partial charge in [-0.2, -0.15) is 13.2 Å². The maximum atomic E-state index is 12.6. The van der Waals surface area contributed by atoms with Crippen LogP contribution in [0.5, 0.6) is 0 Å². The first kappa shape index (κ1) is 10.1. The van der Waals surface area contributed by atoms with Crippen LogP contribution >= 0.6 is 0 Å². The van der Waals surface area contributed by atoms with Gasteiger partial charge in [-0.25, -0.2) is 4.98 Å². The quantitative estimate of drug-likeness (QED) is 0.798. The summed E-state index contributed by atoms with van der Waals surface area (Å²) in [4.78, 5) is 3.72. The van der Waals surface area contributed by atoms with E-state index in [1.54, 1.807) is 0 Å². The van der Waals surface area contributed by atoms with Crippen LogP contribution in [0.2, 0.25) is 0 Å². The second kappa shape index (κ2) is 3.01. The van der Waals surface area contributed by atoms with Gasteiger partial charge in [0.1, 0.15) is 11.4 Å². The zero-order valence-corrected chi connectivity index (χ0v) is 7.80. The van der Waals surface area contributed by atoms with E-state index in [1.807, 2.05) is 0 Å². The molecule has 0 atom stereocenters. The Morgan fingerprint density at radius 2 is 2.00 bits per heavy atom. The molecular formula is C9H10F3N3. The van der Waals surface area contributed by atoms with E-state index in [-0.39, 0.29) is 18.7 Å². The average Bonchev–Trinajstić information content (AvgIpc) is 2.89. The topological polar surface area (TPSA) is 50.9 Å². The molecule has 0 amide bonds. The van der Waals surface area contributed by atoms with Crippen LogP contribution in [-0.4, -0.2) is 16.7 Å². The van der Waals surface area contributed by atoms with Crippen LogP contribution in [0, 0.1) is 0 Å². The van der Waals surface area contributed by atoms with E-state index in [0.29, 0.717) is 5.69 Å². The summed E-state index contributed by atoms with van der Waals surface area (Å²) in [5.74, 6) is 0.289. The van der Waals surface area contributed by atoms with Crippen LogP contribution in [0.3, 0.4) is 0 Å². The summed E-state index contributed by atoms with van der Waals surface area (Å²) in [6, 6.07) is 2.96. The van der Waals surface area contributed by atoms with Gasteiger partial charge in [0.25, 0.3) is 0 Å². The number of nitrogens with one attached hydrogen (secondary N) is 1. The molecule has 0 bridgehead atoms. The number of aromatic nitrogens is 1. The number of pyridine rings is 1. The van der Waals surface area contributed by atoms with E-state index >= 15 is 0 Å². The Hall–Kier alpha value is -1.46. The molecule has 82 valence electrons. The van der Waals surface area contributed by atoms with E-state index in [2.05, 4.69) is 10.3 Å². The summed E-state index contributed by atoms with van der Waals surface area (Å²) in [5, 5.41) is 2.45. The maximum Gasteiger partial charge on any atom is 0.411 e. The van der Waals surface area contributed by atoms with Crippen LogP contribution in [0.25, 0.3) is 0 Å². The van der Waals surface area contributed by atoms with Crippen molar-refractivity contribution >= 4 is 11.5 Å². The van der Waals surface area contributed by atoms with Crippen molar-refractivity contribution in [3.05, 3.63) is 18.3 Å². The highest BCUT2D eigenvalue weighted by atomic mass is 19.4. The molecule has 3 N–H and O–H groups in total. The lowest BCUT2D eigenvalue weighted by atomic mass is 10.2. The first-order chi connectivity index (χ1) is 6.93. The molecule has 1 heterocycles. The minimum atomic E-state index is -4.21. The summed E-state index contributed by atoms with van der Waals surface area (Å²) < 4.78 is 37.7. The van der Waals surface area contributed by atoms with Crippen molar-refractivity contribution in [2.24, 2.45) is 0 Å². The van der Waals surface area contributed by atoms with Gasteiger partial charge in [-0.05, 0) is 25.0 Å². The molecule has 6 heteroatoms. The third kappa shape index (κ3) is 1.84. The number of rotatable bonds is 2. The standard InChI is InChI=1S/C9H10F3N3/c10-9(11,12)8(3-4-8)15-6-1-2-7(13)14-5-6/h1-2,5,15H,3-4H2,(H2,13,14). The number of nitrogen functional groups attached to an aromatic ring is 1. The molecule has 1 aliphatic carbocycles. The Labute approximate surface area is 84.5 Å². The minimum Gasteiger partial charge on any atom is -0.384 e. The average molecular weight is 217 g/mol. The lowest BCUT2D eigenvalue weighted by Gasteiger charge is -2.21. The number of nitrogens with two attached hydrogens (primary N) is 1. The van der Waals surface area contributed by atoms with Gasteiger partial charge in [0, 0.05) is 0 Å². The molecule has 3 nitrogen and oxygen atoms in total. The Kier molecular flexibility index (Phi) is 2.02. The molecule has 0 aliphatic heterocycles. The molecule has 1 aromatic heterocycles. The largest absolute Gasteiger partial charge is 0.411 e. The van der Waals surface area contributed by atoms with Crippen LogP contribution in [0.15, 0.2) is 18.3 Å². The van der Waals surface area contributed by atoms with Gasteiger partial charge >= 0.3 is 6.18 Å². The zero-order chi connectivity index (χ0) is 11.1. The first-order valence-corrected chi connectivity index (χ1v) is 4.49. The van der Waals surface area contributed by atoms with Crippen molar-refractivity contribution in [2.75, 3.05) is 11.1 Å². The molecule has 0 spiro atoms. The minimum absolute atomic E-state index is 0.112. The fraction of sp³-hybridized carbons (Fsp3) is 0.444. The third-order valence-electron chi connectivity index (χ3n) is 2.46. The van der Waals surface area contributed by atoms with E-state index in [4.69, 9.17) is 5.73 Å². The molecule has 0 unspecified atom stereocenters. The lowest BCUT2D eigenvalue weighted by Crippen LogP contribution is -2.38. The van der Waals surface area contributed by atoms with Crippen molar-refractivity contribution in [1.82, 2.24) is 4.98 Å². The number of nitrogens with zero attached hydrogens (tertiary/aromatic N) is 1. The molecule has 1 fully saturated rings. The summed E-state index contributed by atoms with van der Waals surface area (Å²) in [6.07, 6.45) is -2.68. The van der Waals surface area contributed by atoms with Gasteiger partial charge < -0.3 is 11.1 Å². The highest BCUT2D eigenvalue weighted by Crippen LogP contribution is 2.51. The highest BCUT2D eigenvalue weighted by molar-refractivity contribution is 5.49. The Balaban J connectivity index is 2.13. The first-order valence-electron chi connectivity index (χ1n) is 4.49. The predicted molar refractivity (Wildman–Crippen MR) is 50.3 cm³/mol. The van der Waals surface area contributed by atoms with Gasteiger partial charge in [-0.3, -0.25) is 0 Å². The number of hydrogen-bond donors (Lipinski definition) is 2. The third-order valence-corrected chi connectivity index (χ3v) is 2.46. The van der Waals surface area contributed by atoms with Crippen molar-refractivity contribution in [3.8, 4) is 0 Å². The second-order valence-electron chi connectivity index (χ2n) is 3.68. The van der Waals surface area contributed by atoms with E-state index in [0.717, 1.165) is 0 Å². The maximum absolute atomic E-state index is 12.6. The summed E-state index contributed by atoms with van der Waals surface area (Å²) >= 11 is 0. The lowest BCUT2D eigenvalue weighted by molar-refractivity contribution is -0.151. The van der Waals surface area contributed by atoms with Gasteiger partial charge in [0.15, 0.2) is 0 Å². The van der Waals surface area contributed by atoms with E-state index in [9.17, 15) is 13.2 Å². The number of halogens is 3. The number of alkyl halides is 3. The summed E-state index contributed by atoms with van der Waals surface area (Å²) in [5.41, 5.74) is 3.93. The van der Waals surface area contributed by atoms with Crippen LogP contribution in [0.1, 0.15) is 12.8 Å². The zero-order valence-electron chi connectivity index (χ0n) is 7.80. The Bertz CT molecular complexity index is 354. The SMILES string of the molecule is Nc1ccc(NC2(C(F)(F)F)CC2)cn1. The van der Waals surface area contributed by atoms with Crippen molar-refractivity contribution in [1.29, 1.82) is 0 Å². The molecule has 15 heavy (non-hydrogen) atoms. The smallest absolute Gasteiger partial charge is 0.384 e. The fourth-order valence-corrected chi connectivity index (χ4v) is 1.36. The Morgan fingerprint density at radius 3 is 2.40 bits per heavy atom. The molecule has 0 radical (unpaired) electrons. The normalized spacial score (nSPS) is 18.6. The molecule has 1 saturated carbocycles. The molecule has 1 aromatic rings. The predicted octanol–water partition coefficient (Wildman–Crippen LogP) is 2.17. The molecular weight excluding hydrogens is 207 g/mol. The van der Waals surface area contributed by atoms with Gasteiger partial charge in [0.2, 0.25) is 0 Å². The van der Waals surface area contributed by atoms with Crippen LogP contribution in [-0.2, 0) is 0 Å². The van der Waals surface area contributed by atoms with Gasteiger partial charge in [-0.1, -0.05) is 0 Å². The van der Waals surface area contributed by atoms with Gasteiger partial charge in [-0.15, -0.1) is 0 Å². The highest BCUT2D eigenvalue weighted by Gasteiger charge is 2.63. The van der Waals surface area contributed by atoms with E-state index in [1.165, 1.54) is 18.3 Å². The van der Waals surface area contributed by atoms with Crippen LogP contribution in [0.4, 0.5) is 24.7 Å². The fourth-order valence-electron chi connectivity index (χ4n) is 1.36. The summed E-state index contributed by atoms with van der Waals surface area (Å²) in [6.45, 7) is 0. The number of anilines is 2. The van der Waals surface area contributed by atoms with Crippen LogP contribution < -0.4 is 11.1 Å². The molecule has 2 rings (SSSR count). The van der Waals surface area contributed by atoms with Gasteiger partial charge in [0.05, 0.1) is 11.9 Å². The van der Waals surface area contributed by atoms with Crippen molar-refractivity contribution in [2.45, 2.75) is 24.6 Å². The molecule has 0 saturated heterocycles. The second-order valence-corrected chi connectivity index (χ2v) is 3.68. The van der Waals surface area contributed by atoms with E-state index < -0.39 is 11.7 Å². The van der Waals surface area contributed by atoms with Crippen molar-refractivity contribution in [3.63, 3.8) is 0 Å². The number of hydrogen-bond acceptors (Lipinski definition) is 3. The van der Waals surface area contributed by atoms with Crippen molar-refractivity contribution < 1.29 is 13.2 Å². The molecule has 0 aromatic carbocycles. The molecule has 1 aliphatic rings. The Morgan fingerprint density at radius 1 is 1.33 bits per heavy atom. The summed E-state index contributed by atoms with van der Waals surface area (Å²) in [7, 11) is 0.